The minimum absolute atomic E-state index is 0. The van der Waals surface area contributed by atoms with Crippen LogP contribution in [-0.4, -0.2) is 61.3 Å². The largest absolute Gasteiger partial charge is 1.00 e. The number of rotatable bonds is 20. The third-order valence-corrected chi connectivity index (χ3v) is 13.6. The topological polar surface area (TPSA) is 267 Å². The summed E-state index contributed by atoms with van der Waals surface area (Å²) in [6.07, 6.45) is 13.5. The number of hydrogen-bond donors (Lipinski definition) is 12. The zero-order valence-electron chi connectivity index (χ0n) is 41.5. The second-order valence-electron chi connectivity index (χ2n) is 18.2. The number of benzene rings is 4. The van der Waals surface area contributed by atoms with Gasteiger partial charge in [0.25, 0.3) is 0 Å². The molecule has 4 aromatic carbocycles. The molecule has 0 heterocycles. The SMILES string of the molecule is CC#N.CCCCCCC1c2cc(c(O)c(O)c2O)C(CCCCCC)c2cc(c(O)c(O)c2O)C(CCCCCC)c2cc(c(O)c(O)c2O)C(CCCCCC)c2cc1c(O)c(O)c2O.[Cl-].[Cs+]. The molecule has 1 aliphatic rings. The van der Waals surface area contributed by atoms with Gasteiger partial charge in [-0.15, -0.1) is 0 Å². The standard InChI is InChI=1S/C52H72O12.C2H3N.ClH.Cs/c1-5-9-13-17-21-29-33-25-35(43(55)49(61)41(33)53)30(22-18-14-10-6-2)37-27-39(47(59)51(63)45(37)57)32(24-20-16-12-8-4)40-28-38(46(58)52(64)48(40)60)31(23-19-15-11-7-3)36-26-34(29)42(54)50(62)44(36)56;1-2-3;;/h25-32,53-64H,5-24H2,1-4H3;1H3;1H;/q;;;+1/p-1. The fourth-order valence-corrected chi connectivity index (χ4v) is 9.90. The molecular weight excluding hydrogens is 1020 g/mol. The normalized spacial score (nSPS) is 16.1. The summed E-state index contributed by atoms with van der Waals surface area (Å²) >= 11 is 0. The van der Waals surface area contributed by atoms with E-state index in [1.807, 2.05) is 0 Å². The number of halogens is 1. The minimum Gasteiger partial charge on any atom is -1.00 e. The molecule has 0 amide bonds. The molecule has 0 unspecified atom stereocenters. The van der Waals surface area contributed by atoms with Crippen molar-refractivity contribution in [1.29, 1.82) is 5.26 Å². The van der Waals surface area contributed by atoms with Gasteiger partial charge in [0.05, 0.1) is 6.07 Å². The predicted molar refractivity (Wildman–Crippen MR) is 259 cm³/mol. The Morgan fingerprint density at radius 2 is 0.464 bits per heavy atom. The Kier molecular flexibility index (Phi) is 26.4. The molecule has 0 aromatic heterocycles. The molecule has 0 spiro atoms. The van der Waals surface area contributed by atoms with Crippen molar-refractivity contribution in [3.8, 4) is 75.1 Å². The Labute approximate surface area is 473 Å². The second-order valence-corrected chi connectivity index (χ2v) is 18.2. The zero-order chi connectivity index (χ0) is 49.5. The maximum Gasteiger partial charge on any atom is 1.00 e. The molecule has 12 N–H and O–H groups in total. The van der Waals surface area contributed by atoms with Crippen LogP contribution in [0.1, 0.15) is 231 Å². The van der Waals surface area contributed by atoms with Gasteiger partial charge in [-0.05, 0) is 49.9 Å². The molecule has 13 nitrogen and oxygen atoms in total. The Bertz CT molecular complexity index is 1910. The van der Waals surface area contributed by atoms with Crippen LogP contribution in [0, 0.1) is 11.3 Å². The van der Waals surface area contributed by atoms with Crippen molar-refractivity contribution in [2.45, 2.75) is 187 Å². The zero-order valence-corrected chi connectivity index (χ0v) is 48.5. The van der Waals surface area contributed by atoms with Crippen molar-refractivity contribution in [1.82, 2.24) is 0 Å². The molecular formula is C54H75ClCsNO12. The van der Waals surface area contributed by atoms with Gasteiger partial charge in [0.2, 0.25) is 23.0 Å². The molecule has 1 aliphatic carbocycles. The Morgan fingerprint density at radius 1 is 0.319 bits per heavy atom. The van der Waals surface area contributed by atoms with Gasteiger partial charge >= 0.3 is 68.9 Å². The van der Waals surface area contributed by atoms with Gasteiger partial charge in [-0.1, -0.05) is 130 Å². The van der Waals surface area contributed by atoms with E-state index in [1.165, 1.54) is 31.2 Å². The molecule has 0 saturated carbocycles. The molecule has 5 rings (SSSR count). The summed E-state index contributed by atoms with van der Waals surface area (Å²) in [5.41, 5.74) is 0.683. The monoisotopic (exact) mass is 1100 g/mol. The van der Waals surface area contributed by atoms with E-state index >= 15 is 0 Å². The summed E-state index contributed by atoms with van der Waals surface area (Å²) in [7, 11) is 0. The average molecular weight is 1100 g/mol. The second kappa shape index (κ2) is 29.6. The summed E-state index contributed by atoms with van der Waals surface area (Å²) in [6, 6.07) is 7.81. The maximum atomic E-state index is 11.8. The van der Waals surface area contributed by atoms with Gasteiger partial charge < -0.3 is 73.7 Å². The summed E-state index contributed by atoms with van der Waals surface area (Å²) in [5, 5.41) is 148. The average Bonchev–Trinajstić information content (AvgIpc) is 3.31. The number of unbranched alkanes of at least 4 members (excludes halogenated alkanes) is 12. The minimum atomic E-state index is -0.969. The van der Waals surface area contributed by atoms with Gasteiger partial charge in [0, 0.05) is 75.1 Å². The van der Waals surface area contributed by atoms with Crippen LogP contribution < -0.4 is 81.3 Å². The van der Waals surface area contributed by atoms with Crippen LogP contribution in [0.5, 0.6) is 69.0 Å². The Morgan fingerprint density at radius 3 is 0.594 bits per heavy atom. The predicted octanol–water partition coefficient (Wildman–Crippen LogP) is 7.41. The summed E-state index contributed by atoms with van der Waals surface area (Å²) < 4.78 is 0. The van der Waals surface area contributed by atoms with Crippen molar-refractivity contribution in [3.05, 3.63) is 68.8 Å². The third kappa shape index (κ3) is 14.3. The molecule has 0 atom stereocenters. The Hall–Kier alpha value is -3.69. The van der Waals surface area contributed by atoms with E-state index in [-0.39, 0.29) is 151 Å². The van der Waals surface area contributed by atoms with Gasteiger partial charge in [0.1, 0.15) is 0 Å². The van der Waals surface area contributed by atoms with Gasteiger partial charge in [-0.25, -0.2) is 0 Å². The van der Waals surface area contributed by atoms with Crippen molar-refractivity contribution in [2.75, 3.05) is 0 Å². The molecule has 376 valence electrons. The summed E-state index contributed by atoms with van der Waals surface area (Å²) in [4.78, 5) is 0. The van der Waals surface area contributed by atoms with Crippen LogP contribution in [-0.2, 0) is 0 Å². The van der Waals surface area contributed by atoms with Crippen LogP contribution in [0.4, 0.5) is 0 Å². The first-order chi connectivity index (χ1) is 32.1. The molecule has 15 heteroatoms. The van der Waals surface area contributed by atoms with Crippen LogP contribution >= 0.6 is 0 Å². The molecule has 8 bridgehead atoms. The quantitative estimate of drug-likeness (QED) is 0.0304. The smallest absolute Gasteiger partial charge is 1.00 e. The van der Waals surface area contributed by atoms with Crippen LogP contribution in [0.3, 0.4) is 0 Å². The number of nitriles is 1. The third-order valence-electron chi connectivity index (χ3n) is 13.6. The first kappa shape index (κ1) is 61.4. The molecule has 0 fully saturated rings. The van der Waals surface area contributed by atoms with Crippen LogP contribution in [0.25, 0.3) is 0 Å². The van der Waals surface area contributed by atoms with Gasteiger partial charge in [-0.3, -0.25) is 0 Å². The van der Waals surface area contributed by atoms with Crippen LogP contribution in [0.2, 0.25) is 0 Å². The van der Waals surface area contributed by atoms with Crippen molar-refractivity contribution >= 4 is 0 Å². The number of hydrogen-bond acceptors (Lipinski definition) is 13. The van der Waals surface area contributed by atoms with Crippen LogP contribution in [0.15, 0.2) is 24.3 Å². The van der Waals surface area contributed by atoms with E-state index in [2.05, 4.69) is 27.7 Å². The number of nitrogens with zero attached hydrogens (tertiary/aromatic N) is 1. The number of aromatic hydroxyl groups is 12. The van der Waals surface area contributed by atoms with E-state index in [1.54, 1.807) is 6.07 Å². The number of phenolic OH excluding ortho intramolecular Hbond substituents is 12. The van der Waals surface area contributed by atoms with E-state index in [0.717, 1.165) is 77.0 Å². The Balaban J connectivity index is 0.00000318. The fourth-order valence-electron chi connectivity index (χ4n) is 9.90. The molecule has 0 aliphatic heterocycles. The number of phenols is 12. The molecule has 0 saturated heterocycles. The van der Waals surface area contributed by atoms with E-state index < -0.39 is 92.7 Å². The molecule has 0 radical (unpaired) electrons. The van der Waals surface area contributed by atoms with E-state index in [4.69, 9.17) is 5.26 Å². The molecule has 69 heavy (non-hydrogen) atoms. The first-order valence-corrected chi connectivity index (χ1v) is 24.5. The number of fused-ring (bicyclic) bond motifs is 8. The van der Waals surface area contributed by atoms with Crippen molar-refractivity contribution in [3.63, 3.8) is 0 Å². The van der Waals surface area contributed by atoms with Gasteiger partial charge in [0.15, 0.2) is 46.0 Å². The van der Waals surface area contributed by atoms with E-state index in [0.29, 0.717) is 25.7 Å². The fraction of sp³-hybridized carbons (Fsp3) is 0.537. The van der Waals surface area contributed by atoms with Crippen molar-refractivity contribution in [2.24, 2.45) is 0 Å². The first-order valence-electron chi connectivity index (χ1n) is 24.5. The maximum absolute atomic E-state index is 11.8. The van der Waals surface area contributed by atoms with Gasteiger partial charge in [-0.2, -0.15) is 5.26 Å². The summed E-state index contributed by atoms with van der Waals surface area (Å²) in [5.74, 6) is -12.6. The molecule has 4 aromatic rings. The van der Waals surface area contributed by atoms with E-state index in [9.17, 15) is 61.3 Å². The van der Waals surface area contributed by atoms with Crippen molar-refractivity contribution < 1.29 is 143 Å². The summed E-state index contributed by atoms with van der Waals surface area (Å²) in [6.45, 7) is 9.65.